The molecule has 0 aromatic heterocycles. The Bertz CT molecular complexity index is 431. The van der Waals surface area contributed by atoms with Crippen LogP contribution in [0.3, 0.4) is 0 Å². The van der Waals surface area contributed by atoms with Crippen molar-refractivity contribution in [3.8, 4) is 0 Å². The molecule has 0 N–H and O–H groups in total. The second-order valence-electron chi connectivity index (χ2n) is 3.05. The summed E-state index contributed by atoms with van der Waals surface area (Å²) >= 11 is 10.5. The summed E-state index contributed by atoms with van der Waals surface area (Å²) in [7, 11) is 1.10. The first-order valence-corrected chi connectivity index (χ1v) is 6.22. The second-order valence-corrected chi connectivity index (χ2v) is 5.11. The van der Waals surface area contributed by atoms with E-state index in [2.05, 4.69) is 0 Å². The summed E-state index contributed by atoms with van der Waals surface area (Å²) < 4.78 is 0. The Labute approximate surface area is 128 Å². The van der Waals surface area contributed by atoms with E-state index < -0.39 is 0 Å². The Kier molecular flexibility index (Phi) is 6.07. The van der Waals surface area contributed by atoms with Crippen LogP contribution in [0, 0.1) is 0 Å². The van der Waals surface area contributed by atoms with Gasteiger partial charge in [-0.25, -0.2) is 20.4 Å². The molecule has 0 aliphatic heterocycles. The van der Waals surface area contributed by atoms with Gasteiger partial charge in [-0.2, -0.15) is 0 Å². The molecule has 0 bridgehead atoms. The second kappa shape index (κ2) is 6.81. The third-order valence-electron chi connectivity index (χ3n) is 1.97. The molecule has 2 aromatic carbocycles. The molecule has 0 unspecified atom stereocenters. The number of benzene rings is 2. The van der Waals surface area contributed by atoms with Crippen LogP contribution in [-0.2, 0) is 25.3 Å². The molecule has 78 valence electrons. The molecule has 0 saturated heterocycles. The minimum Gasteiger partial charge on any atom is -0.782 e. The summed E-state index contributed by atoms with van der Waals surface area (Å²) in [6, 6.07) is 15.9. The van der Waals surface area contributed by atoms with E-state index in [1.54, 1.807) is 0 Å². The molecule has 0 saturated carbocycles. The molecule has 0 spiro atoms. The van der Waals surface area contributed by atoms with E-state index in [0.29, 0.717) is 0 Å². The zero-order chi connectivity index (χ0) is 10.7. The van der Waals surface area contributed by atoms with Gasteiger partial charge < -0.3 is 33.8 Å². The van der Waals surface area contributed by atoms with Gasteiger partial charge in [-0.1, -0.05) is 48.5 Å². The van der Waals surface area contributed by atoms with Crippen molar-refractivity contribution in [2.45, 2.75) is 9.79 Å². The molecule has 0 fully saturated rings. The average molecular weight is 456 g/mol. The van der Waals surface area contributed by atoms with E-state index in [1.807, 2.05) is 48.5 Å². The van der Waals surface area contributed by atoms with Crippen molar-refractivity contribution in [3.63, 3.8) is 0 Å². The molecule has 2 aromatic rings. The molecule has 0 aliphatic rings. The fourth-order valence-electron chi connectivity index (χ4n) is 1.23. The Morgan fingerprint density at radius 2 is 1.06 bits per heavy atom. The smallest absolute Gasteiger partial charge is 0.782 e. The van der Waals surface area contributed by atoms with Crippen molar-refractivity contribution in [1.29, 1.82) is 0 Å². The van der Waals surface area contributed by atoms with Crippen molar-refractivity contribution < 1.29 is 0 Å². The van der Waals surface area contributed by atoms with Crippen LogP contribution < -0.4 is 10.6 Å². The molecule has 2 radical (unpaired) electrons. The average Bonchev–Trinajstić information content (AvgIpc) is 2.24. The summed E-state index contributed by atoms with van der Waals surface area (Å²) in [4.78, 5) is 1.80. The normalized spacial score (nSPS) is 9.50. The molecule has 0 heterocycles. The van der Waals surface area contributed by atoms with E-state index >= 15 is 0 Å². The van der Waals surface area contributed by atoms with Gasteiger partial charge >= 0.3 is 26.2 Å². The van der Waals surface area contributed by atoms with E-state index in [9.17, 15) is 0 Å². The van der Waals surface area contributed by atoms with Crippen molar-refractivity contribution >= 4 is 70.7 Å². The minimum atomic E-state index is 0. The fraction of sp³-hybridized carbons (Fsp3) is 0. The van der Waals surface area contributed by atoms with E-state index in [-0.39, 0.29) is 26.2 Å². The van der Waals surface area contributed by atoms with Crippen LogP contribution in [0.25, 0.3) is 0 Å². The zero-order valence-corrected chi connectivity index (χ0v) is 14.3. The number of hydrogen-bond donors (Lipinski definition) is 0. The fourth-order valence-corrected chi connectivity index (χ4v) is 2.75. The van der Waals surface area contributed by atoms with Gasteiger partial charge in [0.25, 0.3) is 0 Å². The third-order valence-corrected chi connectivity index (χ3v) is 4.25. The molecule has 2 rings (SSSR count). The van der Waals surface area contributed by atoms with E-state index in [4.69, 9.17) is 25.3 Å². The molecular weight excluding hydrogens is 448 g/mol. The first kappa shape index (κ1) is 14.3. The summed E-state index contributed by atoms with van der Waals surface area (Å²) in [5, 5.41) is 2.29. The predicted molar refractivity (Wildman–Crippen MR) is 76.1 cm³/mol. The third kappa shape index (κ3) is 3.60. The van der Waals surface area contributed by atoms with Crippen LogP contribution in [0.4, 0.5) is 0 Å². The summed E-state index contributed by atoms with van der Waals surface area (Å²) in [5.41, 5.74) is 0. The van der Waals surface area contributed by atoms with Crippen LogP contribution in [0.2, 0.25) is 0 Å². The zero-order valence-electron chi connectivity index (χ0n) is 8.33. The molecule has 0 nitrogen and oxygen atoms in total. The number of rotatable bonds is 2. The maximum Gasteiger partial charge on any atom is 3.00 e. The topological polar surface area (TPSA) is 0 Å². The maximum absolute atomic E-state index is 5.25. The van der Waals surface area contributed by atoms with Crippen molar-refractivity contribution in [3.05, 3.63) is 48.5 Å². The Morgan fingerprint density at radius 3 is 1.44 bits per heavy atom. The summed E-state index contributed by atoms with van der Waals surface area (Å²) in [6.45, 7) is 0. The van der Waals surface area contributed by atoms with Crippen LogP contribution in [-0.4, -0.2) is 26.2 Å². The van der Waals surface area contributed by atoms with E-state index in [0.717, 1.165) is 29.0 Å². The van der Waals surface area contributed by atoms with Crippen molar-refractivity contribution in [2.75, 3.05) is 0 Å². The molecule has 0 aliphatic carbocycles. The minimum absolute atomic E-state index is 0. The van der Waals surface area contributed by atoms with E-state index in [1.165, 1.54) is 0 Å². The van der Waals surface area contributed by atoms with Gasteiger partial charge in [0.05, 0.1) is 0 Å². The van der Waals surface area contributed by atoms with Gasteiger partial charge in [0.15, 0.2) is 0 Å². The first-order chi connectivity index (χ1) is 7.27. The van der Waals surface area contributed by atoms with Gasteiger partial charge in [0, 0.05) is 0 Å². The van der Waals surface area contributed by atoms with Crippen LogP contribution in [0.5, 0.6) is 0 Å². The van der Waals surface area contributed by atoms with Crippen LogP contribution in [0.1, 0.15) is 0 Å². The molecular formula is C12H8BiPS2. The quantitative estimate of drug-likeness (QED) is 0.386. The monoisotopic (exact) mass is 456 g/mol. The Balaban J connectivity index is 0.00000128. The largest absolute Gasteiger partial charge is 3.00 e. The maximum atomic E-state index is 5.25. The predicted octanol–water partition coefficient (Wildman–Crippen LogP) is 2.01. The molecule has 0 atom stereocenters. The van der Waals surface area contributed by atoms with Crippen molar-refractivity contribution in [2.24, 2.45) is 0 Å². The summed E-state index contributed by atoms with van der Waals surface area (Å²) in [6.07, 6.45) is 0. The van der Waals surface area contributed by atoms with Gasteiger partial charge in [-0.15, -0.1) is 0 Å². The first-order valence-electron chi connectivity index (χ1n) is 4.51. The van der Waals surface area contributed by atoms with Gasteiger partial charge in [-0.05, 0) is 0 Å². The molecule has 4 heteroatoms. The molecule has 0 amide bonds. The van der Waals surface area contributed by atoms with Crippen LogP contribution >= 0.6 is 8.58 Å². The molecule has 16 heavy (non-hydrogen) atoms. The van der Waals surface area contributed by atoms with Gasteiger partial charge in [0.2, 0.25) is 0 Å². The van der Waals surface area contributed by atoms with Crippen LogP contribution in [0.15, 0.2) is 58.3 Å². The standard InChI is InChI=1S/C12H10PS2.Bi/c14-11-7-3-1-5-9(11)13-10-6-2-4-8-12(10)15;/h1-8,14-15H;/q-1;+3/p-2. The van der Waals surface area contributed by atoms with Gasteiger partial charge in [-0.3, -0.25) is 0 Å². The Hall–Kier alpha value is 0.193. The SMILES string of the molecule is [Bi+3].[S-]c1ccccc1[P-]c1ccccc1[S-]. The van der Waals surface area contributed by atoms with Gasteiger partial charge in [0.1, 0.15) is 0 Å². The Morgan fingerprint density at radius 1 is 0.688 bits per heavy atom. The summed E-state index contributed by atoms with van der Waals surface area (Å²) in [5.74, 6) is 0. The van der Waals surface area contributed by atoms with Crippen molar-refractivity contribution in [1.82, 2.24) is 0 Å². The number of hydrogen-bond acceptors (Lipinski definition) is 2.